The van der Waals surface area contributed by atoms with Crippen molar-refractivity contribution in [1.82, 2.24) is 4.90 Å². The fourth-order valence-electron chi connectivity index (χ4n) is 3.02. The van der Waals surface area contributed by atoms with E-state index in [0.717, 1.165) is 9.13 Å². The summed E-state index contributed by atoms with van der Waals surface area (Å²) in [5.74, 6) is 0.847. The van der Waals surface area contributed by atoms with Crippen molar-refractivity contribution in [2.24, 2.45) is 4.99 Å². The van der Waals surface area contributed by atoms with E-state index in [1.807, 2.05) is 32.1 Å². The van der Waals surface area contributed by atoms with Crippen LogP contribution >= 0.6 is 34.4 Å². The smallest absolute Gasteiger partial charge is 0.338 e. The summed E-state index contributed by atoms with van der Waals surface area (Å²) in [5.41, 5.74) is 1.94. The van der Waals surface area contributed by atoms with Crippen LogP contribution in [0.3, 0.4) is 0 Å². The van der Waals surface area contributed by atoms with Crippen LogP contribution in [0.5, 0.6) is 11.5 Å². The molecule has 1 amide bonds. The number of likely N-dealkylation sites (N-methyl/N-ethyl adjacent to an activating group) is 1. The van der Waals surface area contributed by atoms with E-state index in [-0.39, 0.29) is 11.9 Å². The monoisotopic (exact) mass is 580 g/mol. The SMILES string of the molecule is CCOC(=O)c1ccc(N=C2S/C(=C/c3cc(I)c(OCC)c(OCC)c3)C(=O)N2C)cc1. The molecule has 33 heavy (non-hydrogen) atoms. The van der Waals surface area contributed by atoms with Gasteiger partial charge >= 0.3 is 5.97 Å². The van der Waals surface area contributed by atoms with Crippen molar-refractivity contribution in [1.29, 1.82) is 0 Å². The second kappa shape index (κ2) is 11.6. The quantitative estimate of drug-likeness (QED) is 0.233. The van der Waals surface area contributed by atoms with Crippen LogP contribution in [-0.2, 0) is 9.53 Å². The Morgan fingerprint density at radius 2 is 1.79 bits per heavy atom. The van der Waals surface area contributed by atoms with E-state index in [4.69, 9.17) is 14.2 Å². The highest BCUT2D eigenvalue weighted by atomic mass is 127. The summed E-state index contributed by atoms with van der Waals surface area (Å²) < 4.78 is 17.4. The molecule has 0 N–H and O–H groups in total. The first kappa shape index (κ1) is 25.1. The molecule has 2 aromatic carbocycles. The van der Waals surface area contributed by atoms with Gasteiger partial charge in [0.25, 0.3) is 5.91 Å². The van der Waals surface area contributed by atoms with Crippen LogP contribution in [0, 0.1) is 3.57 Å². The summed E-state index contributed by atoms with van der Waals surface area (Å²) >= 11 is 3.50. The predicted octanol–water partition coefficient (Wildman–Crippen LogP) is 5.50. The van der Waals surface area contributed by atoms with Crippen LogP contribution in [0.4, 0.5) is 5.69 Å². The fourth-order valence-corrected chi connectivity index (χ4v) is 4.79. The minimum Gasteiger partial charge on any atom is -0.490 e. The number of rotatable bonds is 8. The number of nitrogens with zero attached hydrogens (tertiary/aromatic N) is 2. The molecule has 1 saturated heterocycles. The van der Waals surface area contributed by atoms with Gasteiger partial charge < -0.3 is 14.2 Å². The van der Waals surface area contributed by atoms with E-state index in [2.05, 4.69) is 27.6 Å². The molecule has 1 heterocycles. The van der Waals surface area contributed by atoms with E-state index in [1.54, 1.807) is 38.2 Å². The number of benzene rings is 2. The molecule has 0 atom stereocenters. The van der Waals surface area contributed by atoms with Crippen LogP contribution in [0.15, 0.2) is 46.3 Å². The lowest BCUT2D eigenvalue weighted by atomic mass is 10.2. The van der Waals surface area contributed by atoms with Gasteiger partial charge in [-0.1, -0.05) is 0 Å². The molecule has 3 rings (SSSR count). The third-order valence-corrected chi connectivity index (χ3v) is 6.39. The molecule has 0 spiro atoms. The van der Waals surface area contributed by atoms with Crippen molar-refractivity contribution in [3.05, 3.63) is 56.0 Å². The highest BCUT2D eigenvalue weighted by Crippen LogP contribution is 2.37. The number of esters is 1. The lowest BCUT2D eigenvalue weighted by Gasteiger charge is -2.13. The number of aliphatic imine (C=N–C) groups is 1. The van der Waals surface area contributed by atoms with Gasteiger partial charge in [-0.05, 0) is 103 Å². The highest BCUT2D eigenvalue weighted by molar-refractivity contribution is 14.1. The fraction of sp³-hybridized carbons (Fsp3) is 0.292. The average molecular weight is 580 g/mol. The minimum absolute atomic E-state index is 0.135. The zero-order chi connectivity index (χ0) is 24.0. The van der Waals surface area contributed by atoms with Gasteiger partial charge in [-0.2, -0.15) is 0 Å². The lowest BCUT2D eigenvalue weighted by molar-refractivity contribution is -0.121. The molecule has 174 valence electrons. The Kier molecular flexibility index (Phi) is 8.79. The Balaban J connectivity index is 1.85. The Bertz CT molecular complexity index is 1100. The van der Waals surface area contributed by atoms with Gasteiger partial charge in [0, 0.05) is 7.05 Å². The number of amides is 1. The second-order valence-corrected chi connectivity index (χ2v) is 9.00. The number of hydrogen-bond donors (Lipinski definition) is 0. The van der Waals surface area contributed by atoms with Crippen LogP contribution in [0.25, 0.3) is 6.08 Å². The molecule has 0 radical (unpaired) electrons. The molecule has 1 aliphatic rings. The second-order valence-electron chi connectivity index (χ2n) is 6.83. The van der Waals surface area contributed by atoms with Crippen molar-refractivity contribution in [2.75, 3.05) is 26.9 Å². The average Bonchev–Trinajstić information content (AvgIpc) is 3.04. The van der Waals surface area contributed by atoms with Crippen LogP contribution in [0.2, 0.25) is 0 Å². The van der Waals surface area contributed by atoms with Crippen LogP contribution in [-0.4, -0.2) is 48.8 Å². The third-order valence-electron chi connectivity index (χ3n) is 4.52. The van der Waals surface area contributed by atoms with E-state index in [9.17, 15) is 9.59 Å². The molecule has 0 bridgehead atoms. The molecule has 7 nitrogen and oxygen atoms in total. The molecular weight excluding hydrogens is 555 g/mol. The largest absolute Gasteiger partial charge is 0.490 e. The number of amidine groups is 1. The van der Waals surface area contributed by atoms with Gasteiger partial charge in [0.05, 0.1) is 39.5 Å². The van der Waals surface area contributed by atoms with Crippen LogP contribution in [0.1, 0.15) is 36.7 Å². The summed E-state index contributed by atoms with van der Waals surface area (Å²) in [7, 11) is 1.69. The molecule has 2 aromatic rings. The summed E-state index contributed by atoms with van der Waals surface area (Å²) in [4.78, 5) is 31.3. The first-order valence-corrected chi connectivity index (χ1v) is 12.4. The topological polar surface area (TPSA) is 77.4 Å². The van der Waals surface area contributed by atoms with Gasteiger partial charge in [0.2, 0.25) is 0 Å². The Labute approximate surface area is 211 Å². The number of thioether (sulfide) groups is 1. The molecule has 1 aliphatic heterocycles. The zero-order valence-corrected chi connectivity index (χ0v) is 21.9. The van der Waals surface area contributed by atoms with Gasteiger partial charge in [-0.15, -0.1) is 0 Å². The number of halogens is 1. The van der Waals surface area contributed by atoms with Crippen molar-refractivity contribution in [3.63, 3.8) is 0 Å². The maximum absolute atomic E-state index is 12.8. The summed E-state index contributed by atoms with van der Waals surface area (Å²) in [6, 6.07) is 10.6. The van der Waals surface area contributed by atoms with E-state index >= 15 is 0 Å². The van der Waals surface area contributed by atoms with E-state index in [0.29, 0.717) is 52.6 Å². The van der Waals surface area contributed by atoms with Crippen molar-refractivity contribution >= 4 is 63.2 Å². The van der Waals surface area contributed by atoms with Crippen LogP contribution < -0.4 is 9.47 Å². The summed E-state index contributed by atoms with van der Waals surface area (Å²) in [5, 5.41) is 0.556. The standard InChI is InChI=1S/C24H25IN2O5S/c1-5-30-19-13-15(12-18(25)21(19)31-6-2)14-20-22(28)27(4)24(33-20)26-17-10-8-16(9-11-17)23(29)32-7-3/h8-14H,5-7H2,1-4H3/b20-14+,26-24?. The molecule has 9 heteroatoms. The van der Waals surface area contributed by atoms with Crippen molar-refractivity contribution in [2.45, 2.75) is 20.8 Å². The molecular formula is C24H25IN2O5S. The van der Waals surface area contributed by atoms with Crippen molar-refractivity contribution in [3.8, 4) is 11.5 Å². The molecule has 1 fully saturated rings. The molecule has 0 saturated carbocycles. The third kappa shape index (κ3) is 6.08. The first-order chi connectivity index (χ1) is 15.9. The number of hydrogen-bond acceptors (Lipinski definition) is 7. The lowest BCUT2D eigenvalue weighted by Crippen LogP contribution is -2.23. The molecule has 0 aliphatic carbocycles. The van der Waals surface area contributed by atoms with E-state index in [1.165, 1.54) is 16.7 Å². The molecule has 0 aromatic heterocycles. The summed E-state index contributed by atoms with van der Waals surface area (Å²) in [6.45, 7) is 6.98. The zero-order valence-electron chi connectivity index (χ0n) is 18.9. The Morgan fingerprint density at radius 3 is 2.42 bits per heavy atom. The van der Waals surface area contributed by atoms with Crippen molar-refractivity contribution < 1.29 is 23.8 Å². The van der Waals surface area contributed by atoms with Gasteiger partial charge in [-0.3, -0.25) is 9.69 Å². The van der Waals surface area contributed by atoms with Gasteiger partial charge in [0.15, 0.2) is 16.7 Å². The highest BCUT2D eigenvalue weighted by Gasteiger charge is 2.30. The number of carbonyl (C=O) groups excluding carboxylic acids is 2. The predicted molar refractivity (Wildman–Crippen MR) is 139 cm³/mol. The van der Waals surface area contributed by atoms with Gasteiger partial charge in [0.1, 0.15) is 0 Å². The maximum Gasteiger partial charge on any atom is 0.338 e. The summed E-state index contributed by atoms with van der Waals surface area (Å²) in [6.07, 6.45) is 1.83. The molecule has 0 unspecified atom stereocenters. The minimum atomic E-state index is -0.374. The number of carbonyl (C=O) groups is 2. The Hall–Kier alpha value is -2.53. The first-order valence-electron chi connectivity index (χ1n) is 10.5. The van der Waals surface area contributed by atoms with E-state index < -0.39 is 0 Å². The maximum atomic E-state index is 12.8. The number of ether oxygens (including phenoxy) is 3. The van der Waals surface area contributed by atoms with Gasteiger partial charge in [-0.25, -0.2) is 9.79 Å². The normalized spacial score (nSPS) is 15.9. The Morgan fingerprint density at radius 1 is 1.09 bits per heavy atom.